The van der Waals surface area contributed by atoms with Crippen LogP contribution in [-0.4, -0.2) is 73.6 Å². The largest absolute Gasteiger partial charge is 0.324 e. The topological polar surface area (TPSA) is 73.0 Å². The number of hydrogen-bond acceptors (Lipinski definition) is 4. The van der Waals surface area contributed by atoms with Gasteiger partial charge in [-0.15, -0.1) is 0 Å². The second kappa shape index (κ2) is 10.6. The third kappa shape index (κ3) is 5.87. The predicted molar refractivity (Wildman–Crippen MR) is 121 cm³/mol. The molecule has 1 amide bonds. The molecule has 0 spiro atoms. The van der Waals surface area contributed by atoms with Gasteiger partial charge in [-0.25, -0.2) is 0 Å². The average molecular weight is 477 g/mol. The molecule has 0 unspecified atom stereocenters. The number of para-hydroxylation sites is 1. The lowest BCUT2D eigenvalue weighted by Gasteiger charge is -2.38. The van der Waals surface area contributed by atoms with Gasteiger partial charge in [0, 0.05) is 52.2 Å². The van der Waals surface area contributed by atoms with Crippen molar-refractivity contribution in [2.24, 2.45) is 0 Å². The molecule has 1 aromatic carbocycles. The van der Waals surface area contributed by atoms with Crippen molar-refractivity contribution in [1.82, 2.24) is 13.5 Å². The van der Waals surface area contributed by atoms with E-state index in [1.807, 2.05) is 0 Å². The number of carbonyl (C=O) groups is 1. The van der Waals surface area contributed by atoms with E-state index >= 15 is 0 Å². The van der Waals surface area contributed by atoms with Crippen molar-refractivity contribution >= 4 is 45.0 Å². The van der Waals surface area contributed by atoms with Crippen LogP contribution in [0.5, 0.6) is 0 Å². The van der Waals surface area contributed by atoms with Gasteiger partial charge in [0.2, 0.25) is 5.91 Å². The van der Waals surface area contributed by atoms with Crippen molar-refractivity contribution in [3.05, 3.63) is 28.2 Å². The number of nitrogens with zero attached hydrogens (tertiary/aromatic N) is 3. The van der Waals surface area contributed by atoms with Crippen LogP contribution in [0.1, 0.15) is 38.5 Å². The number of anilines is 1. The van der Waals surface area contributed by atoms with Crippen LogP contribution in [0.4, 0.5) is 5.69 Å². The molecule has 1 saturated heterocycles. The summed E-state index contributed by atoms with van der Waals surface area (Å²) in [4.78, 5) is 14.4. The van der Waals surface area contributed by atoms with E-state index in [1.165, 1.54) is 6.42 Å². The van der Waals surface area contributed by atoms with Crippen LogP contribution in [0.3, 0.4) is 0 Å². The summed E-state index contributed by atoms with van der Waals surface area (Å²) in [5.41, 5.74) is 0.424. The van der Waals surface area contributed by atoms with Gasteiger partial charge in [-0.2, -0.15) is 17.0 Å². The van der Waals surface area contributed by atoms with Crippen LogP contribution in [-0.2, 0) is 15.0 Å². The van der Waals surface area contributed by atoms with Gasteiger partial charge in [-0.3, -0.25) is 4.79 Å². The van der Waals surface area contributed by atoms with E-state index in [-0.39, 0.29) is 18.4 Å². The lowest BCUT2D eigenvalue weighted by atomic mass is 9.96. The van der Waals surface area contributed by atoms with Crippen LogP contribution in [0.2, 0.25) is 10.0 Å². The smallest absolute Gasteiger partial charge is 0.282 e. The SMILES string of the molecule is CN(C1CCCCC1)S(=O)(=O)N1CCN(CCC(=O)Nc2c(Cl)cccc2Cl)CC1. The van der Waals surface area contributed by atoms with Crippen molar-refractivity contribution in [3.63, 3.8) is 0 Å². The van der Waals surface area contributed by atoms with Gasteiger partial charge in [0.15, 0.2) is 0 Å². The normalized spacial score (nSPS) is 19.9. The first-order valence-corrected chi connectivity index (χ1v) is 12.6. The van der Waals surface area contributed by atoms with E-state index in [9.17, 15) is 13.2 Å². The Labute approximate surface area is 189 Å². The quantitative estimate of drug-likeness (QED) is 0.653. The number of piperazine rings is 1. The van der Waals surface area contributed by atoms with Crippen molar-refractivity contribution in [3.8, 4) is 0 Å². The lowest BCUT2D eigenvalue weighted by Crippen LogP contribution is -2.54. The van der Waals surface area contributed by atoms with Gasteiger partial charge < -0.3 is 10.2 Å². The third-order valence-corrected chi connectivity index (χ3v) is 8.67. The van der Waals surface area contributed by atoms with Gasteiger partial charge >= 0.3 is 0 Å². The lowest BCUT2D eigenvalue weighted by molar-refractivity contribution is -0.116. The number of rotatable bonds is 7. The van der Waals surface area contributed by atoms with E-state index in [0.29, 0.717) is 48.5 Å². The molecule has 2 aliphatic rings. The number of amides is 1. The van der Waals surface area contributed by atoms with Crippen LogP contribution >= 0.6 is 23.2 Å². The maximum atomic E-state index is 13.0. The summed E-state index contributed by atoms with van der Waals surface area (Å²) in [7, 11) is -1.73. The molecule has 0 atom stereocenters. The van der Waals surface area contributed by atoms with Crippen LogP contribution in [0.15, 0.2) is 18.2 Å². The van der Waals surface area contributed by atoms with Crippen LogP contribution < -0.4 is 5.32 Å². The Balaban J connectivity index is 1.45. The summed E-state index contributed by atoms with van der Waals surface area (Å²) in [6.45, 7) is 2.66. The minimum atomic E-state index is -3.44. The molecule has 1 aliphatic carbocycles. The molecule has 30 heavy (non-hydrogen) atoms. The molecular weight excluding hydrogens is 447 g/mol. The number of halogens is 2. The minimum absolute atomic E-state index is 0.113. The molecule has 7 nitrogen and oxygen atoms in total. The molecule has 1 saturated carbocycles. The Morgan fingerprint density at radius 2 is 1.70 bits per heavy atom. The minimum Gasteiger partial charge on any atom is -0.324 e. The molecule has 1 aromatic rings. The van der Waals surface area contributed by atoms with Gasteiger partial charge in [0.05, 0.1) is 15.7 Å². The molecule has 0 radical (unpaired) electrons. The highest BCUT2D eigenvalue weighted by atomic mass is 35.5. The highest BCUT2D eigenvalue weighted by molar-refractivity contribution is 7.86. The van der Waals surface area contributed by atoms with E-state index in [4.69, 9.17) is 23.2 Å². The number of benzene rings is 1. The summed E-state index contributed by atoms with van der Waals surface area (Å²) in [5.74, 6) is -0.169. The van der Waals surface area contributed by atoms with Crippen LogP contribution in [0.25, 0.3) is 0 Å². The Kier molecular flexibility index (Phi) is 8.40. The van der Waals surface area contributed by atoms with Gasteiger partial charge in [-0.1, -0.05) is 48.5 Å². The van der Waals surface area contributed by atoms with Gasteiger partial charge in [0.1, 0.15) is 0 Å². The summed E-state index contributed by atoms with van der Waals surface area (Å²) < 4.78 is 29.1. The fourth-order valence-corrected chi connectivity index (χ4v) is 6.15. The van der Waals surface area contributed by atoms with Crippen molar-refractivity contribution in [2.75, 3.05) is 45.1 Å². The summed E-state index contributed by atoms with van der Waals surface area (Å²) in [6.07, 6.45) is 5.57. The predicted octanol–water partition coefficient (Wildman–Crippen LogP) is 3.45. The highest BCUT2D eigenvalue weighted by Crippen LogP contribution is 2.30. The summed E-state index contributed by atoms with van der Waals surface area (Å²) in [5, 5.41) is 3.56. The van der Waals surface area contributed by atoms with E-state index in [2.05, 4.69) is 10.2 Å². The first-order chi connectivity index (χ1) is 14.3. The second-order valence-electron chi connectivity index (χ2n) is 7.95. The Morgan fingerprint density at radius 1 is 1.10 bits per heavy atom. The molecule has 168 valence electrons. The molecule has 10 heteroatoms. The zero-order chi connectivity index (χ0) is 21.7. The second-order valence-corrected chi connectivity index (χ2v) is 10.8. The molecule has 1 heterocycles. The van der Waals surface area contributed by atoms with E-state index in [0.717, 1.165) is 25.7 Å². The monoisotopic (exact) mass is 476 g/mol. The van der Waals surface area contributed by atoms with Crippen molar-refractivity contribution < 1.29 is 13.2 Å². The molecule has 1 N–H and O–H groups in total. The first kappa shape index (κ1) is 23.8. The third-order valence-electron chi connectivity index (χ3n) is 5.99. The fourth-order valence-electron chi connectivity index (χ4n) is 4.08. The zero-order valence-corrected chi connectivity index (χ0v) is 19.6. The average Bonchev–Trinajstić information content (AvgIpc) is 2.75. The maximum Gasteiger partial charge on any atom is 0.282 e. The first-order valence-electron chi connectivity index (χ1n) is 10.5. The number of carbonyl (C=O) groups excluding carboxylic acids is 1. The molecule has 3 rings (SSSR count). The van der Waals surface area contributed by atoms with Gasteiger partial charge in [-0.05, 0) is 25.0 Å². The zero-order valence-electron chi connectivity index (χ0n) is 17.3. The molecular formula is C20H30Cl2N4O3S. The summed E-state index contributed by atoms with van der Waals surface area (Å²) >= 11 is 12.2. The number of hydrogen-bond donors (Lipinski definition) is 1. The molecule has 1 aliphatic heterocycles. The van der Waals surface area contributed by atoms with Crippen LogP contribution in [0, 0.1) is 0 Å². The molecule has 2 fully saturated rings. The number of nitrogens with one attached hydrogen (secondary N) is 1. The van der Waals surface area contributed by atoms with Gasteiger partial charge in [0.25, 0.3) is 10.2 Å². The standard InChI is InChI=1S/C20H30Cl2N4O3S/c1-24(16-6-3-2-4-7-16)30(28,29)26-14-12-25(13-15-26)11-10-19(27)23-20-17(21)8-5-9-18(20)22/h5,8-9,16H,2-4,6-7,10-15H2,1H3,(H,23,27). The van der Waals surface area contributed by atoms with E-state index < -0.39 is 10.2 Å². The highest BCUT2D eigenvalue weighted by Gasteiger charge is 2.34. The molecule has 0 bridgehead atoms. The maximum absolute atomic E-state index is 13.0. The van der Waals surface area contributed by atoms with Crippen molar-refractivity contribution in [2.45, 2.75) is 44.6 Å². The van der Waals surface area contributed by atoms with Crippen molar-refractivity contribution in [1.29, 1.82) is 0 Å². The molecule has 0 aromatic heterocycles. The fraction of sp³-hybridized carbons (Fsp3) is 0.650. The Bertz CT molecular complexity index is 818. The summed E-state index contributed by atoms with van der Waals surface area (Å²) in [6, 6.07) is 5.18. The van der Waals surface area contributed by atoms with E-state index in [1.54, 1.807) is 33.9 Å². The Morgan fingerprint density at radius 3 is 2.30 bits per heavy atom. The Hall–Kier alpha value is -0.900.